The maximum atomic E-state index is 12.4. The Kier molecular flexibility index (Phi) is 5.98. The number of aliphatic hydroxyl groups is 3. The molecule has 0 heterocycles. The molecule has 7 nitrogen and oxygen atoms in total. The Morgan fingerprint density at radius 1 is 0.759 bits per heavy atom. The normalized spacial score (nSPS) is 38.2. The number of rotatable bonds is 5. The third kappa shape index (κ3) is 4.94. The summed E-state index contributed by atoms with van der Waals surface area (Å²) in [7, 11) is 0. The molecule has 0 saturated heterocycles. The molecule has 0 amide bonds. The highest BCUT2D eigenvalue weighted by atomic mass is 16.6. The highest BCUT2D eigenvalue weighted by Gasteiger charge is 2.69. The summed E-state index contributed by atoms with van der Waals surface area (Å²) in [4.78, 5) is 22.7. The van der Waals surface area contributed by atoms with Crippen LogP contribution in [0.5, 0.6) is 0 Å². The van der Waals surface area contributed by atoms with E-state index in [9.17, 15) is 24.9 Å². The molecule has 4 aliphatic carbocycles. The van der Waals surface area contributed by atoms with Gasteiger partial charge in [-0.2, -0.15) is 0 Å². The lowest BCUT2D eigenvalue weighted by Crippen LogP contribution is -2.72. The summed E-state index contributed by atoms with van der Waals surface area (Å²) in [6.45, 7) is 10.9. The van der Waals surface area contributed by atoms with Crippen molar-refractivity contribution in [1.29, 1.82) is 0 Å². The van der Waals surface area contributed by atoms with Gasteiger partial charge < -0.3 is 25.2 Å². The number of carboxylic acid groups (broad SMARTS) is 1. The van der Waals surface area contributed by atoms with Gasteiger partial charge in [-0.05, 0) is 40.5 Å². The van der Waals surface area contributed by atoms with Crippen LogP contribution in [0.2, 0.25) is 0 Å². The van der Waals surface area contributed by atoms with E-state index in [4.69, 9.17) is 9.84 Å². The standard InChI is InChI=1S/C16H26O5.C6H12O2/c1-4-12(2,3)11(17)21-16-8-13(18)5-14(19,9-16)7-15(20,6-13)10-16;1-4-6(2,3)5(7)8/h18-20H,4-10H2,1-3H3;4H2,1-3H3,(H,7,8). The smallest absolute Gasteiger partial charge is 0.312 e. The molecule has 0 atom stereocenters. The van der Waals surface area contributed by atoms with Gasteiger partial charge in [0.15, 0.2) is 0 Å². The number of esters is 1. The van der Waals surface area contributed by atoms with Crippen molar-refractivity contribution in [3.05, 3.63) is 0 Å². The zero-order chi connectivity index (χ0) is 22.5. The van der Waals surface area contributed by atoms with Gasteiger partial charge in [-0.1, -0.05) is 13.8 Å². The number of carboxylic acids is 1. The van der Waals surface area contributed by atoms with Crippen LogP contribution < -0.4 is 0 Å². The van der Waals surface area contributed by atoms with Crippen molar-refractivity contribution in [2.75, 3.05) is 0 Å². The van der Waals surface area contributed by atoms with Crippen molar-refractivity contribution in [1.82, 2.24) is 0 Å². The zero-order valence-corrected chi connectivity index (χ0v) is 18.7. The molecule has 0 aromatic carbocycles. The van der Waals surface area contributed by atoms with Crippen molar-refractivity contribution in [2.24, 2.45) is 10.8 Å². The molecule has 0 aromatic rings. The Morgan fingerprint density at radius 2 is 1.10 bits per heavy atom. The van der Waals surface area contributed by atoms with E-state index in [0.29, 0.717) is 32.1 Å². The van der Waals surface area contributed by atoms with E-state index in [0.717, 1.165) is 0 Å². The molecule has 4 aliphatic rings. The number of carbonyl (C=O) groups excluding carboxylic acids is 1. The monoisotopic (exact) mass is 414 g/mol. The fourth-order valence-corrected chi connectivity index (χ4v) is 5.13. The average molecular weight is 415 g/mol. The molecular formula is C22H38O7. The van der Waals surface area contributed by atoms with Gasteiger partial charge in [0, 0.05) is 38.5 Å². The summed E-state index contributed by atoms with van der Waals surface area (Å²) in [5.41, 5.74) is -5.47. The molecular weight excluding hydrogens is 376 g/mol. The van der Waals surface area contributed by atoms with Gasteiger partial charge in [0.25, 0.3) is 0 Å². The van der Waals surface area contributed by atoms with Gasteiger partial charge >= 0.3 is 11.9 Å². The number of carbonyl (C=O) groups is 2. The topological polar surface area (TPSA) is 124 Å². The van der Waals surface area contributed by atoms with Crippen LogP contribution in [-0.2, 0) is 14.3 Å². The predicted octanol–water partition coefficient (Wildman–Crippen LogP) is 2.79. The Bertz CT molecular complexity index is 613. The second kappa shape index (κ2) is 7.20. The Hall–Kier alpha value is -1.18. The first-order valence-corrected chi connectivity index (χ1v) is 10.6. The molecule has 0 radical (unpaired) electrons. The quantitative estimate of drug-likeness (QED) is 0.510. The summed E-state index contributed by atoms with van der Waals surface area (Å²) in [6.07, 6.45) is 3.07. The number of hydrogen-bond acceptors (Lipinski definition) is 6. The van der Waals surface area contributed by atoms with Crippen molar-refractivity contribution in [3.63, 3.8) is 0 Å². The highest BCUT2D eigenvalue weighted by molar-refractivity contribution is 5.76. The summed E-state index contributed by atoms with van der Waals surface area (Å²) < 4.78 is 5.78. The molecule has 4 bridgehead atoms. The van der Waals surface area contributed by atoms with Gasteiger partial charge in [-0.25, -0.2) is 0 Å². The fraction of sp³-hybridized carbons (Fsp3) is 0.909. The van der Waals surface area contributed by atoms with E-state index in [2.05, 4.69) is 0 Å². The Morgan fingerprint density at radius 3 is 1.34 bits per heavy atom. The first kappa shape index (κ1) is 24.1. The van der Waals surface area contributed by atoms with Crippen LogP contribution in [0.25, 0.3) is 0 Å². The molecule has 4 saturated carbocycles. The maximum Gasteiger partial charge on any atom is 0.312 e. The lowest BCUT2D eigenvalue weighted by Gasteiger charge is -2.65. The molecule has 168 valence electrons. The molecule has 0 aromatic heterocycles. The third-order valence-electron chi connectivity index (χ3n) is 7.14. The van der Waals surface area contributed by atoms with Gasteiger partial charge in [-0.3, -0.25) is 9.59 Å². The van der Waals surface area contributed by atoms with Crippen molar-refractivity contribution >= 4 is 11.9 Å². The van der Waals surface area contributed by atoms with E-state index in [1.807, 2.05) is 27.7 Å². The zero-order valence-electron chi connectivity index (χ0n) is 18.7. The van der Waals surface area contributed by atoms with E-state index in [1.165, 1.54) is 0 Å². The minimum atomic E-state index is -1.13. The molecule has 4 N–H and O–H groups in total. The molecule has 0 aliphatic heterocycles. The number of aliphatic carboxylic acids is 1. The van der Waals surface area contributed by atoms with Gasteiger partial charge in [-0.15, -0.1) is 0 Å². The molecule has 4 rings (SSSR count). The maximum absolute atomic E-state index is 12.4. The van der Waals surface area contributed by atoms with E-state index in [-0.39, 0.29) is 25.2 Å². The molecule has 4 fully saturated rings. The van der Waals surface area contributed by atoms with E-state index >= 15 is 0 Å². The van der Waals surface area contributed by atoms with Crippen molar-refractivity contribution in [2.45, 2.75) is 115 Å². The molecule has 0 unspecified atom stereocenters. The second-order valence-electron chi connectivity index (χ2n) is 11.1. The van der Waals surface area contributed by atoms with Crippen LogP contribution in [0.3, 0.4) is 0 Å². The first-order chi connectivity index (χ1) is 12.9. The number of ether oxygens (including phenoxy) is 1. The SMILES string of the molecule is CCC(C)(C)C(=O)O.CCC(C)(C)C(=O)OC12CC3(O)CC(O)(CC(O)(C3)C1)C2. The van der Waals surface area contributed by atoms with Gasteiger partial charge in [0.2, 0.25) is 0 Å². The molecule has 7 heteroatoms. The highest BCUT2D eigenvalue weighted by Crippen LogP contribution is 2.62. The minimum Gasteiger partial charge on any atom is -0.481 e. The van der Waals surface area contributed by atoms with E-state index in [1.54, 1.807) is 13.8 Å². The van der Waals surface area contributed by atoms with Crippen LogP contribution in [0.4, 0.5) is 0 Å². The van der Waals surface area contributed by atoms with Crippen LogP contribution in [-0.4, -0.2) is 54.8 Å². The minimum absolute atomic E-state index is 0.263. The van der Waals surface area contributed by atoms with Crippen molar-refractivity contribution < 1.29 is 34.8 Å². The summed E-state index contributed by atoms with van der Waals surface area (Å²) >= 11 is 0. The Labute approximate surface area is 173 Å². The fourth-order valence-electron chi connectivity index (χ4n) is 5.13. The summed E-state index contributed by atoms with van der Waals surface area (Å²) in [5.74, 6) is -1.04. The Balaban J connectivity index is 0.000000321. The average Bonchev–Trinajstić information content (AvgIpc) is 2.50. The lowest BCUT2D eigenvalue weighted by molar-refractivity contribution is -0.302. The van der Waals surface area contributed by atoms with Crippen LogP contribution in [0, 0.1) is 10.8 Å². The largest absolute Gasteiger partial charge is 0.481 e. The third-order valence-corrected chi connectivity index (χ3v) is 7.14. The number of hydrogen-bond donors (Lipinski definition) is 4. The lowest BCUT2D eigenvalue weighted by atomic mass is 9.48. The summed E-state index contributed by atoms with van der Waals surface area (Å²) in [6, 6.07) is 0. The van der Waals surface area contributed by atoms with Crippen LogP contribution >= 0.6 is 0 Å². The first-order valence-electron chi connectivity index (χ1n) is 10.6. The van der Waals surface area contributed by atoms with Crippen molar-refractivity contribution in [3.8, 4) is 0 Å². The molecule has 29 heavy (non-hydrogen) atoms. The van der Waals surface area contributed by atoms with Crippen LogP contribution in [0.1, 0.15) is 92.9 Å². The van der Waals surface area contributed by atoms with Gasteiger partial charge in [0.05, 0.1) is 27.6 Å². The van der Waals surface area contributed by atoms with Crippen LogP contribution in [0.15, 0.2) is 0 Å². The van der Waals surface area contributed by atoms with E-state index < -0.39 is 39.2 Å². The summed E-state index contributed by atoms with van der Waals surface area (Å²) in [5, 5.41) is 40.4. The van der Waals surface area contributed by atoms with Gasteiger partial charge in [0.1, 0.15) is 5.60 Å². The molecule has 0 spiro atoms. The second-order valence-corrected chi connectivity index (χ2v) is 11.1. The predicted molar refractivity (Wildman–Crippen MR) is 107 cm³/mol.